The van der Waals surface area contributed by atoms with E-state index in [0.29, 0.717) is 5.56 Å². The summed E-state index contributed by atoms with van der Waals surface area (Å²) in [5.41, 5.74) is 0.730. The topological polar surface area (TPSA) is 55.4 Å². The molecule has 0 aliphatic carbocycles. The van der Waals surface area contributed by atoms with Gasteiger partial charge in [0.1, 0.15) is 5.82 Å². The molecule has 0 saturated heterocycles. The lowest BCUT2D eigenvalue weighted by Gasteiger charge is -2.16. The zero-order chi connectivity index (χ0) is 15.2. The van der Waals surface area contributed by atoms with E-state index in [9.17, 15) is 14.0 Å². The number of rotatable bonds is 4. The number of nitrogens with one attached hydrogen (secondary N) is 1. The van der Waals surface area contributed by atoms with Crippen molar-refractivity contribution in [3.8, 4) is 0 Å². The van der Waals surface area contributed by atoms with Gasteiger partial charge in [0.2, 0.25) is 0 Å². The molecule has 108 valence electrons. The van der Waals surface area contributed by atoms with Gasteiger partial charge in [0.25, 0.3) is 5.91 Å². The standard InChI is InChI=1S/C16H14FNO3/c1-21-16(20)14(11-6-3-2-4-7-11)18-15(19)12-8-5-9-13(17)10-12/h2-10,14H,1H3,(H,18,19)/t14-/m0/s1. The Hall–Kier alpha value is -2.69. The third-order valence-corrected chi connectivity index (χ3v) is 2.93. The summed E-state index contributed by atoms with van der Waals surface area (Å²) < 4.78 is 17.8. The molecule has 0 bridgehead atoms. The van der Waals surface area contributed by atoms with Gasteiger partial charge in [-0.1, -0.05) is 36.4 Å². The number of carbonyl (C=O) groups is 2. The molecule has 0 heterocycles. The van der Waals surface area contributed by atoms with Crippen molar-refractivity contribution >= 4 is 11.9 Å². The number of hydrogen-bond acceptors (Lipinski definition) is 3. The summed E-state index contributed by atoms with van der Waals surface area (Å²) in [5, 5.41) is 2.55. The molecule has 0 radical (unpaired) electrons. The van der Waals surface area contributed by atoms with Crippen molar-refractivity contribution in [1.29, 1.82) is 0 Å². The fourth-order valence-electron chi connectivity index (χ4n) is 1.89. The number of methoxy groups -OCH3 is 1. The molecule has 0 spiro atoms. The van der Waals surface area contributed by atoms with E-state index in [1.807, 2.05) is 0 Å². The van der Waals surface area contributed by atoms with Crippen LogP contribution in [0.2, 0.25) is 0 Å². The first kappa shape index (κ1) is 14.7. The SMILES string of the molecule is COC(=O)[C@@H](NC(=O)c1cccc(F)c1)c1ccccc1. The number of esters is 1. The average molecular weight is 287 g/mol. The summed E-state index contributed by atoms with van der Waals surface area (Å²) in [6, 6.07) is 13.0. The van der Waals surface area contributed by atoms with Crippen LogP contribution in [0.1, 0.15) is 22.0 Å². The largest absolute Gasteiger partial charge is 0.467 e. The summed E-state index contributed by atoms with van der Waals surface area (Å²) in [4.78, 5) is 24.0. The van der Waals surface area contributed by atoms with E-state index in [1.165, 1.54) is 25.3 Å². The zero-order valence-corrected chi connectivity index (χ0v) is 11.4. The van der Waals surface area contributed by atoms with Crippen molar-refractivity contribution < 1.29 is 18.7 Å². The minimum absolute atomic E-state index is 0.139. The van der Waals surface area contributed by atoms with Crippen LogP contribution in [0.5, 0.6) is 0 Å². The Labute approximate surface area is 121 Å². The molecule has 4 nitrogen and oxygen atoms in total. The number of hydrogen-bond donors (Lipinski definition) is 1. The molecule has 1 atom stereocenters. The van der Waals surface area contributed by atoms with Crippen molar-refractivity contribution in [3.63, 3.8) is 0 Å². The van der Waals surface area contributed by atoms with E-state index in [2.05, 4.69) is 5.32 Å². The molecule has 0 saturated carbocycles. The van der Waals surface area contributed by atoms with Crippen LogP contribution in [0, 0.1) is 5.82 Å². The van der Waals surface area contributed by atoms with E-state index in [1.54, 1.807) is 30.3 Å². The van der Waals surface area contributed by atoms with E-state index in [4.69, 9.17) is 4.74 Å². The molecular weight excluding hydrogens is 273 g/mol. The van der Waals surface area contributed by atoms with Crippen LogP contribution in [0.3, 0.4) is 0 Å². The molecule has 0 aromatic heterocycles. The first-order valence-corrected chi connectivity index (χ1v) is 6.31. The Morgan fingerprint density at radius 2 is 1.81 bits per heavy atom. The second-order valence-electron chi connectivity index (χ2n) is 4.35. The fourth-order valence-corrected chi connectivity index (χ4v) is 1.89. The fraction of sp³-hybridized carbons (Fsp3) is 0.125. The Kier molecular flexibility index (Phi) is 4.66. The lowest BCUT2D eigenvalue weighted by molar-refractivity contribution is -0.143. The highest BCUT2D eigenvalue weighted by Crippen LogP contribution is 2.15. The van der Waals surface area contributed by atoms with E-state index in [-0.39, 0.29) is 5.56 Å². The summed E-state index contributed by atoms with van der Waals surface area (Å²) in [6.45, 7) is 0. The highest BCUT2D eigenvalue weighted by Gasteiger charge is 2.23. The molecule has 0 aliphatic rings. The van der Waals surface area contributed by atoms with Gasteiger partial charge in [-0.05, 0) is 23.8 Å². The predicted molar refractivity (Wildman–Crippen MR) is 75.1 cm³/mol. The molecule has 0 fully saturated rings. The van der Waals surface area contributed by atoms with Crippen molar-refractivity contribution in [2.45, 2.75) is 6.04 Å². The summed E-state index contributed by atoms with van der Waals surface area (Å²) in [6.07, 6.45) is 0. The Balaban J connectivity index is 2.23. The van der Waals surface area contributed by atoms with Crippen LogP contribution >= 0.6 is 0 Å². The second-order valence-corrected chi connectivity index (χ2v) is 4.35. The molecule has 1 N–H and O–H groups in total. The van der Waals surface area contributed by atoms with Crippen molar-refractivity contribution in [2.75, 3.05) is 7.11 Å². The molecule has 5 heteroatoms. The maximum Gasteiger partial charge on any atom is 0.333 e. The van der Waals surface area contributed by atoms with Gasteiger partial charge in [-0.2, -0.15) is 0 Å². The Bertz CT molecular complexity index is 643. The first-order chi connectivity index (χ1) is 10.1. The molecule has 2 aromatic rings. The number of ether oxygens (including phenoxy) is 1. The van der Waals surface area contributed by atoms with E-state index >= 15 is 0 Å². The number of benzene rings is 2. The smallest absolute Gasteiger partial charge is 0.333 e. The molecule has 21 heavy (non-hydrogen) atoms. The van der Waals surface area contributed by atoms with Gasteiger partial charge in [-0.3, -0.25) is 4.79 Å². The summed E-state index contributed by atoms with van der Waals surface area (Å²) in [5.74, 6) is -1.66. The lowest BCUT2D eigenvalue weighted by atomic mass is 10.1. The quantitative estimate of drug-likeness (QED) is 0.879. The minimum Gasteiger partial charge on any atom is -0.467 e. The summed E-state index contributed by atoms with van der Waals surface area (Å²) in [7, 11) is 1.24. The molecule has 1 amide bonds. The zero-order valence-electron chi connectivity index (χ0n) is 11.4. The first-order valence-electron chi connectivity index (χ1n) is 6.31. The van der Waals surface area contributed by atoms with Gasteiger partial charge < -0.3 is 10.1 Å². The normalized spacial score (nSPS) is 11.5. The van der Waals surface area contributed by atoms with Gasteiger partial charge >= 0.3 is 5.97 Å². The van der Waals surface area contributed by atoms with Gasteiger partial charge in [-0.15, -0.1) is 0 Å². The molecule has 0 aliphatic heterocycles. The van der Waals surface area contributed by atoms with Crippen LogP contribution in [-0.4, -0.2) is 19.0 Å². The van der Waals surface area contributed by atoms with E-state index < -0.39 is 23.7 Å². The number of amides is 1. The number of halogens is 1. The third-order valence-electron chi connectivity index (χ3n) is 2.93. The Morgan fingerprint density at radius 1 is 1.10 bits per heavy atom. The molecular formula is C16H14FNO3. The van der Waals surface area contributed by atoms with Crippen molar-refractivity contribution in [2.24, 2.45) is 0 Å². The molecule has 0 unspecified atom stereocenters. The van der Waals surface area contributed by atoms with Gasteiger partial charge in [0, 0.05) is 5.56 Å². The van der Waals surface area contributed by atoms with Gasteiger partial charge in [0.15, 0.2) is 6.04 Å². The van der Waals surface area contributed by atoms with E-state index in [0.717, 1.165) is 6.07 Å². The molecule has 2 aromatic carbocycles. The van der Waals surface area contributed by atoms with Gasteiger partial charge in [0.05, 0.1) is 7.11 Å². The predicted octanol–water partition coefficient (Wildman–Crippen LogP) is 2.47. The Morgan fingerprint density at radius 3 is 2.43 bits per heavy atom. The lowest BCUT2D eigenvalue weighted by Crippen LogP contribution is -2.34. The monoisotopic (exact) mass is 287 g/mol. The van der Waals surface area contributed by atoms with Crippen LogP contribution in [0.4, 0.5) is 4.39 Å². The number of carbonyl (C=O) groups excluding carboxylic acids is 2. The highest BCUT2D eigenvalue weighted by molar-refractivity contribution is 5.97. The second kappa shape index (κ2) is 6.65. The van der Waals surface area contributed by atoms with Crippen molar-refractivity contribution in [1.82, 2.24) is 5.32 Å². The van der Waals surface area contributed by atoms with Crippen LogP contribution in [-0.2, 0) is 9.53 Å². The van der Waals surface area contributed by atoms with Crippen LogP contribution in [0.15, 0.2) is 54.6 Å². The summed E-state index contributed by atoms with van der Waals surface area (Å²) >= 11 is 0. The van der Waals surface area contributed by atoms with Crippen molar-refractivity contribution in [3.05, 3.63) is 71.5 Å². The maximum absolute atomic E-state index is 13.1. The van der Waals surface area contributed by atoms with Crippen LogP contribution in [0.25, 0.3) is 0 Å². The highest BCUT2D eigenvalue weighted by atomic mass is 19.1. The molecule has 2 rings (SSSR count). The van der Waals surface area contributed by atoms with Crippen LogP contribution < -0.4 is 5.32 Å². The maximum atomic E-state index is 13.1. The minimum atomic E-state index is -0.938. The van der Waals surface area contributed by atoms with Gasteiger partial charge in [-0.25, -0.2) is 9.18 Å². The average Bonchev–Trinajstić information content (AvgIpc) is 2.52. The third kappa shape index (κ3) is 3.66.